The summed E-state index contributed by atoms with van der Waals surface area (Å²) < 4.78 is 5.06. The van der Waals surface area contributed by atoms with Crippen molar-refractivity contribution in [2.24, 2.45) is 0 Å². The molecule has 2 rings (SSSR count). The molecule has 78 valence electrons. The number of nitrogens with two attached hydrogens (primary N) is 2. The molecule has 2 aromatic rings. The average molecular weight is 205 g/mol. The number of nitrogen functional groups attached to an aromatic ring is 2. The minimum atomic E-state index is 0.171. The molecule has 6 nitrogen and oxygen atoms in total. The lowest BCUT2D eigenvalue weighted by Gasteiger charge is -2.01. The first-order valence-electron chi connectivity index (χ1n) is 4.44. The largest absolute Gasteiger partial charge is 0.383 e. The first kappa shape index (κ1) is 9.45. The molecule has 15 heavy (non-hydrogen) atoms. The van der Waals surface area contributed by atoms with Gasteiger partial charge in [-0.1, -0.05) is 5.16 Å². The van der Waals surface area contributed by atoms with Gasteiger partial charge in [-0.25, -0.2) is 4.98 Å². The quantitative estimate of drug-likeness (QED) is 0.741. The molecule has 0 fully saturated rings. The van der Waals surface area contributed by atoms with Gasteiger partial charge in [0.2, 0.25) is 5.95 Å². The molecule has 0 aliphatic heterocycles. The third-order valence-electron chi connectivity index (χ3n) is 1.96. The fourth-order valence-electron chi connectivity index (χ4n) is 1.26. The van der Waals surface area contributed by atoms with Crippen LogP contribution in [-0.2, 0) is 6.42 Å². The summed E-state index contributed by atoms with van der Waals surface area (Å²) in [5.74, 6) is 1.27. The van der Waals surface area contributed by atoms with Gasteiger partial charge in [0.1, 0.15) is 11.6 Å². The molecule has 2 aromatic heterocycles. The molecule has 6 heteroatoms. The van der Waals surface area contributed by atoms with E-state index in [0.717, 1.165) is 17.0 Å². The predicted octanol–water partition coefficient (Wildman–Crippen LogP) is 0.528. The molecular weight excluding hydrogens is 194 g/mol. The van der Waals surface area contributed by atoms with E-state index in [0.29, 0.717) is 12.2 Å². The van der Waals surface area contributed by atoms with Crippen molar-refractivity contribution in [1.82, 2.24) is 15.1 Å². The van der Waals surface area contributed by atoms with Gasteiger partial charge < -0.3 is 16.0 Å². The van der Waals surface area contributed by atoms with Gasteiger partial charge in [-0.2, -0.15) is 4.98 Å². The Morgan fingerprint density at radius 2 is 2.20 bits per heavy atom. The van der Waals surface area contributed by atoms with Crippen molar-refractivity contribution >= 4 is 11.8 Å². The van der Waals surface area contributed by atoms with Crippen molar-refractivity contribution < 1.29 is 4.52 Å². The Morgan fingerprint density at radius 1 is 1.40 bits per heavy atom. The van der Waals surface area contributed by atoms with Crippen LogP contribution in [0, 0.1) is 6.92 Å². The molecule has 4 N–H and O–H groups in total. The van der Waals surface area contributed by atoms with Crippen LogP contribution >= 0.6 is 0 Å². The highest BCUT2D eigenvalue weighted by molar-refractivity contribution is 5.42. The Kier molecular flexibility index (Phi) is 2.24. The monoisotopic (exact) mass is 205 g/mol. The number of hydrogen-bond acceptors (Lipinski definition) is 6. The summed E-state index contributed by atoms with van der Waals surface area (Å²) in [6.07, 6.45) is 2.11. The molecule has 0 unspecified atom stereocenters. The lowest BCUT2D eigenvalue weighted by molar-refractivity contribution is 0.385. The first-order valence-corrected chi connectivity index (χ1v) is 4.44. The maximum absolute atomic E-state index is 5.68. The highest BCUT2D eigenvalue weighted by Crippen LogP contribution is 2.14. The van der Waals surface area contributed by atoms with E-state index in [1.807, 2.05) is 13.0 Å². The van der Waals surface area contributed by atoms with E-state index in [1.54, 1.807) is 6.20 Å². The van der Waals surface area contributed by atoms with Crippen molar-refractivity contribution in [3.05, 3.63) is 29.3 Å². The number of nitrogens with zero attached hydrogens (tertiary/aromatic N) is 3. The summed E-state index contributed by atoms with van der Waals surface area (Å²) in [7, 11) is 0. The molecule has 0 amide bonds. The van der Waals surface area contributed by atoms with Crippen LogP contribution in [-0.4, -0.2) is 15.1 Å². The van der Waals surface area contributed by atoms with Crippen LogP contribution in [0.3, 0.4) is 0 Å². The fraction of sp³-hybridized carbons (Fsp3) is 0.222. The molecule has 0 radical (unpaired) electrons. The van der Waals surface area contributed by atoms with Crippen LogP contribution < -0.4 is 11.5 Å². The lowest BCUT2D eigenvalue weighted by Crippen LogP contribution is -2.03. The van der Waals surface area contributed by atoms with Crippen LogP contribution in [0.4, 0.5) is 11.8 Å². The Hall–Kier alpha value is -2.11. The van der Waals surface area contributed by atoms with Gasteiger partial charge in [-0.15, -0.1) is 0 Å². The lowest BCUT2D eigenvalue weighted by atomic mass is 10.2. The zero-order valence-electron chi connectivity index (χ0n) is 8.27. The van der Waals surface area contributed by atoms with E-state index in [9.17, 15) is 0 Å². The van der Waals surface area contributed by atoms with Gasteiger partial charge >= 0.3 is 0 Å². The Labute approximate surface area is 86.3 Å². The number of rotatable bonds is 2. The van der Waals surface area contributed by atoms with Crippen LogP contribution in [0.15, 0.2) is 16.8 Å². The molecular formula is C9H11N5O. The van der Waals surface area contributed by atoms with E-state index in [-0.39, 0.29) is 5.95 Å². The maximum atomic E-state index is 5.68. The number of anilines is 2. The summed E-state index contributed by atoms with van der Waals surface area (Å²) in [5.41, 5.74) is 12.7. The first-order chi connectivity index (χ1) is 7.15. The predicted molar refractivity (Wildman–Crippen MR) is 54.9 cm³/mol. The van der Waals surface area contributed by atoms with Gasteiger partial charge in [0, 0.05) is 24.2 Å². The molecule has 0 aromatic carbocycles. The second-order valence-electron chi connectivity index (χ2n) is 3.25. The minimum absolute atomic E-state index is 0.171. The Balaban J connectivity index is 2.24. The number of aryl methyl sites for hydroxylation is 1. The number of aromatic nitrogens is 3. The molecule has 0 saturated carbocycles. The summed E-state index contributed by atoms with van der Waals surface area (Å²) in [6.45, 7) is 1.86. The van der Waals surface area contributed by atoms with E-state index in [2.05, 4.69) is 15.1 Å². The fourth-order valence-corrected chi connectivity index (χ4v) is 1.26. The van der Waals surface area contributed by atoms with Gasteiger partial charge in [-0.05, 0) is 6.92 Å². The van der Waals surface area contributed by atoms with Crippen molar-refractivity contribution in [1.29, 1.82) is 0 Å². The zero-order valence-corrected chi connectivity index (χ0v) is 8.27. The van der Waals surface area contributed by atoms with Crippen molar-refractivity contribution in [3.8, 4) is 0 Å². The van der Waals surface area contributed by atoms with E-state index in [1.165, 1.54) is 0 Å². The normalized spacial score (nSPS) is 10.5. The van der Waals surface area contributed by atoms with Crippen LogP contribution in [0.25, 0.3) is 0 Å². The summed E-state index contributed by atoms with van der Waals surface area (Å²) >= 11 is 0. The third kappa shape index (κ3) is 2.04. The maximum Gasteiger partial charge on any atom is 0.221 e. The van der Waals surface area contributed by atoms with Crippen LogP contribution in [0.2, 0.25) is 0 Å². The third-order valence-corrected chi connectivity index (χ3v) is 1.96. The Bertz CT molecular complexity index is 479. The van der Waals surface area contributed by atoms with E-state index in [4.69, 9.17) is 16.0 Å². The van der Waals surface area contributed by atoms with Gasteiger partial charge in [0.05, 0.1) is 5.69 Å². The topological polar surface area (TPSA) is 104 Å². The summed E-state index contributed by atoms with van der Waals surface area (Å²) in [4.78, 5) is 7.73. The van der Waals surface area contributed by atoms with Crippen molar-refractivity contribution in [2.45, 2.75) is 13.3 Å². The SMILES string of the molecule is Cc1cc(Cc2cnc(N)nc2N)on1. The molecule has 0 aliphatic carbocycles. The van der Waals surface area contributed by atoms with Crippen LogP contribution in [0.1, 0.15) is 17.0 Å². The van der Waals surface area contributed by atoms with Crippen molar-refractivity contribution in [2.75, 3.05) is 11.5 Å². The second kappa shape index (κ2) is 3.56. The molecule has 0 spiro atoms. The number of hydrogen-bond donors (Lipinski definition) is 2. The minimum Gasteiger partial charge on any atom is -0.383 e. The summed E-state index contributed by atoms with van der Waals surface area (Å²) in [5, 5.41) is 3.78. The van der Waals surface area contributed by atoms with Gasteiger partial charge in [-0.3, -0.25) is 0 Å². The summed E-state index contributed by atoms with van der Waals surface area (Å²) in [6, 6.07) is 1.84. The molecule has 0 saturated heterocycles. The zero-order chi connectivity index (χ0) is 10.8. The molecule has 0 atom stereocenters. The van der Waals surface area contributed by atoms with E-state index >= 15 is 0 Å². The standard InChI is InChI=1S/C9H11N5O/c1-5-2-7(15-14-5)3-6-4-12-9(11)13-8(6)10/h2,4H,3H2,1H3,(H4,10,11,12,13). The highest BCUT2D eigenvalue weighted by atomic mass is 16.5. The second-order valence-corrected chi connectivity index (χ2v) is 3.25. The van der Waals surface area contributed by atoms with Gasteiger partial charge in [0.15, 0.2) is 0 Å². The van der Waals surface area contributed by atoms with Crippen molar-refractivity contribution in [3.63, 3.8) is 0 Å². The average Bonchev–Trinajstić information content (AvgIpc) is 2.56. The smallest absolute Gasteiger partial charge is 0.221 e. The molecule has 2 heterocycles. The molecule has 0 bridgehead atoms. The van der Waals surface area contributed by atoms with E-state index < -0.39 is 0 Å². The van der Waals surface area contributed by atoms with Crippen LogP contribution in [0.5, 0.6) is 0 Å². The Morgan fingerprint density at radius 3 is 2.80 bits per heavy atom. The van der Waals surface area contributed by atoms with Gasteiger partial charge in [0.25, 0.3) is 0 Å². The molecule has 0 aliphatic rings. The highest BCUT2D eigenvalue weighted by Gasteiger charge is 2.07.